The lowest BCUT2D eigenvalue weighted by Gasteiger charge is -2.11. The summed E-state index contributed by atoms with van der Waals surface area (Å²) in [5.41, 5.74) is 2.37. The topological polar surface area (TPSA) is 111 Å². The highest BCUT2D eigenvalue weighted by Gasteiger charge is 2.29. The number of hydrogen-bond acceptors (Lipinski definition) is 7. The van der Waals surface area contributed by atoms with Gasteiger partial charge in [-0.05, 0) is 67.1 Å². The fourth-order valence-electron chi connectivity index (χ4n) is 3.27. The molecule has 1 aliphatic heterocycles. The molecule has 3 aromatic rings. The zero-order chi connectivity index (χ0) is 24.2. The van der Waals surface area contributed by atoms with Gasteiger partial charge in [-0.2, -0.15) is 10.1 Å². The summed E-state index contributed by atoms with van der Waals surface area (Å²) in [5.74, 6) is 0.155. The van der Waals surface area contributed by atoms with Gasteiger partial charge >= 0.3 is 5.97 Å². The molecule has 0 atom stereocenters. The van der Waals surface area contributed by atoms with E-state index < -0.39 is 10.9 Å². The van der Waals surface area contributed by atoms with Gasteiger partial charge in [-0.15, -0.1) is 0 Å². The first-order valence-corrected chi connectivity index (χ1v) is 10.2. The highest BCUT2D eigenvalue weighted by atomic mass is 16.6. The van der Waals surface area contributed by atoms with Crippen LogP contribution in [0.15, 0.2) is 83.5 Å². The number of carbonyl (C=O) groups excluding carboxylic acids is 2. The predicted octanol–water partition coefficient (Wildman–Crippen LogP) is 4.63. The Labute approximate surface area is 194 Å². The third-order valence-corrected chi connectivity index (χ3v) is 5.10. The maximum absolute atomic E-state index is 12.9. The molecule has 0 aliphatic carbocycles. The quantitative estimate of drug-likeness (QED) is 0.175. The highest BCUT2D eigenvalue weighted by Crippen LogP contribution is 2.27. The van der Waals surface area contributed by atoms with E-state index >= 15 is 0 Å². The third kappa shape index (κ3) is 4.68. The molecule has 0 N–H and O–H groups in total. The molecule has 0 saturated heterocycles. The van der Waals surface area contributed by atoms with E-state index in [0.717, 1.165) is 0 Å². The molecule has 0 radical (unpaired) electrons. The van der Waals surface area contributed by atoms with Crippen LogP contribution >= 0.6 is 0 Å². The summed E-state index contributed by atoms with van der Waals surface area (Å²) in [6, 6.07) is 18.9. The van der Waals surface area contributed by atoms with Gasteiger partial charge in [0.25, 0.3) is 11.6 Å². The van der Waals surface area contributed by atoms with Gasteiger partial charge in [-0.1, -0.05) is 12.1 Å². The van der Waals surface area contributed by atoms with Crippen LogP contribution in [0.5, 0.6) is 11.5 Å². The van der Waals surface area contributed by atoms with Gasteiger partial charge in [-0.3, -0.25) is 14.9 Å². The number of esters is 1. The molecule has 9 heteroatoms. The molecule has 0 bridgehead atoms. The molecular formula is C25H19N3O6. The zero-order valence-corrected chi connectivity index (χ0v) is 18.3. The largest absolute Gasteiger partial charge is 0.497 e. The van der Waals surface area contributed by atoms with Crippen molar-refractivity contribution in [2.45, 2.75) is 6.92 Å². The summed E-state index contributed by atoms with van der Waals surface area (Å²) >= 11 is 0. The standard InChI is InChI=1S/C25H19N3O6/c1-16-23(24(29)27(26-16)19-7-9-20(10-8-19)28(31)32)15-17-3-11-22(12-4-17)34-25(30)18-5-13-21(33-2)14-6-18/h3-15H,1-2H3/b23-15-. The second-order valence-electron chi connectivity index (χ2n) is 7.32. The Morgan fingerprint density at radius 1 is 0.971 bits per heavy atom. The van der Waals surface area contributed by atoms with Crippen LogP contribution in [0.3, 0.4) is 0 Å². The van der Waals surface area contributed by atoms with Crippen LogP contribution < -0.4 is 14.5 Å². The highest BCUT2D eigenvalue weighted by molar-refractivity contribution is 6.32. The molecule has 0 unspecified atom stereocenters. The van der Waals surface area contributed by atoms with E-state index in [2.05, 4.69) is 5.10 Å². The van der Waals surface area contributed by atoms with Crippen LogP contribution in [0.2, 0.25) is 0 Å². The number of non-ortho nitro benzene ring substituents is 1. The number of nitro benzene ring substituents is 1. The van der Waals surface area contributed by atoms with E-state index in [1.54, 1.807) is 68.6 Å². The summed E-state index contributed by atoms with van der Waals surface area (Å²) < 4.78 is 10.5. The van der Waals surface area contributed by atoms with E-state index in [0.29, 0.717) is 39.6 Å². The van der Waals surface area contributed by atoms with E-state index in [9.17, 15) is 19.7 Å². The van der Waals surface area contributed by atoms with Crippen LogP contribution in [0, 0.1) is 10.1 Å². The molecule has 4 rings (SSSR count). The number of nitrogens with zero attached hydrogens (tertiary/aromatic N) is 3. The molecule has 9 nitrogen and oxygen atoms in total. The summed E-state index contributed by atoms with van der Waals surface area (Å²) in [7, 11) is 1.55. The van der Waals surface area contributed by atoms with E-state index in [4.69, 9.17) is 9.47 Å². The van der Waals surface area contributed by atoms with Crippen molar-refractivity contribution in [1.82, 2.24) is 0 Å². The lowest BCUT2D eigenvalue weighted by atomic mass is 10.1. The number of hydrazone groups is 1. The Balaban J connectivity index is 1.46. The fourth-order valence-corrected chi connectivity index (χ4v) is 3.27. The van der Waals surface area contributed by atoms with Crippen molar-refractivity contribution in [2.75, 3.05) is 12.1 Å². The van der Waals surface area contributed by atoms with Gasteiger partial charge in [-0.25, -0.2) is 4.79 Å². The van der Waals surface area contributed by atoms with Crippen LogP contribution in [0.25, 0.3) is 6.08 Å². The van der Waals surface area contributed by atoms with Crippen molar-refractivity contribution in [3.63, 3.8) is 0 Å². The Morgan fingerprint density at radius 2 is 1.59 bits per heavy atom. The minimum atomic E-state index is -0.507. The molecule has 0 saturated carbocycles. The van der Waals surface area contributed by atoms with Gasteiger partial charge in [0.15, 0.2) is 0 Å². The fraction of sp³-hybridized carbons (Fsp3) is 0.0800. The molecule has 34 heavy (non-hydrogen) atoms. The number of carbonyl (C=O) groups is 2. The van der Waals surface area contributed by atoms with Crippen molar-refractivity contribution in [3.05, 3.63) is 99.6 Å². The molecule has 3 aromatic carbocycles. The summed E-state index contributed by atoms with van der Waals surface area (Å²) in [4.78, 5) is 35.5. The van der Waals surface area contributed by atoms with Crippen molar-refractivity contribution in [3.8, 4) is 11.5 Å². The first-order valence-electron chi connectivity index (χ1n) is 10.2. The van der Waals surface area contributed by atoms with Crippen molar-refractivity contribution < 1.29 is 24.0 Å². The molecule has 1 aliphatic rings. The van der Waals surface area contributed by atoms with Crippen molar-refractivity contribution in [1.29, 1.82) is 0 Å². The predicted molar refractivity (Wildman–Crippen MR) is 126 cm³/mol. The number of methoxy groups -OCH3 is 1. The van der Waals surface area contributed by atoms with Gasteiger partial charge < -0.3 is 9.47 Å². The normalized spacial score (nSPS) is 14.2. The van der Waals surface area contributed by atoms with Crippen LogP contribution in [0.1, 0.15) is 22.8 Å². The van der Waals surface area contributed by atoms with Gasteiger partial charge in [0.2, 0.25) is 0 Å². The zero-order valence-electron chi connectivity index (χ0n) is 18.3. The van der Waals surface area contributed by atoms with Crippen molar-refractivity contribution in [2.24, 2.45) is 5.10 Å². The number of rotatable bonds is 6. The first kappa shape index (κ1) is 22.4. The van der Waals surface area contributed by atoms with Crippen LogP contribution in [-0.2, 0) is 4.79 Å². The maximum atomic E-state index is 12.9. The molecule has 1 amide bonds. The van der Waals surface area contributed by atoms with Crippen molar-refractivity contribution >= 4 is 35.0 Å². The summed E-state index contributed by atoms with van der Waals surface area (Å²) in [6.07, 6.45) is 1.68. The molecule has 170 valence electrons. The number of ether oxygens (including phenoxy) is 2. The number of nitro groups is 1. The van der Waals surface area contributed by atoms with Gasteiger partial charge in [0.05, 0.1) is 34.6 Å². The molecule has 0 spiro atoms. The SMILES string of the molecule is COc1ccc(C(=O)Oc2ccc(/C=C3\C(=O)N(c4ccc([N+](=O)[O-])cc4)N=C3C)cc2)cc1. The maximum Gasteiger partial charge on any atom is 0.343 e. The smallest absolute Gasteiger partial charge is 0.343 e. The average Bonchev–Trinajstić information content (AvgIpc) is 3.13. The van der Waals surface area contributed by atoms with Gasteiger partial charge in [0, 0.05) is 12.1 Å². The van der Waals surface area contributed by atoms with E-state index in [1.807, 2.05) is 0 Å². The Bertz CT molecular complexity index is 1310. The Hall–Kier alpha value is -4.79. The van der Waals surface area contributed by atoms with Crippen LogP contribution in [0.4, 0.5) is 11.4 Å². The van der Waals surface area contributed by atoms with Crippen LogP contribution in [-0.4, -0.2) is 29.6 Å². The Morgan fingerprint density at radius 3 is 2.18 bits per heavy atom. The number of amides is 1. The minimum Gasteiger partial charge on any atom is -0.497 e. The number of anilines is 1. The summed E-state index contributed by atoms with van der Waals surface area (Å²) in [6.45, 7) is 1.71. The lowest BCUT2D eigenvalue weighted by molar-refractivity contribution is -0.384. The van der Waals surface area contributed by atoms with E-state index in [-0.39, 0.29) is 11.6 Å². The minimum absolute atomic E-state index is 0.0698. The average molecular weight is 457 g/mol. The summed E-state index contributed by atoms with van der Waals surface area (Å²) in [5, 5.41) is 16.3. The second kappa shape index (κ2) is 9.37. The second-order valence-corrected chi connectivity index (χ2v) is 7.32. The Kier molecular flexibility index (Phi) is 6.18. The molecular weight excluding hydrogens is 438 g/mol. The molecule has 0 aromatic heterocycles. The van der Waals surface area contributed by atoms with Gasteiger partial charge in [0.1, 0.15) is 11.5 Å². The third-order valence-electron chi connectivity index (χ3n) is 5.10. The van der Waals surface area contributed by atoms with E-state index in [1.165, 1.54) is 29.3 Å². The lowest BCUT2D eigenvalue weighted by Crippen LogP contribution is -2.21. The first-order chi connectivity index (χ1) is 16.4. The monoisotopic (exact) mass is 457 g/mol. The number of hydrogen-bond donors (Lipinski definition) is 0. The molecule has 0 fully saturated rings. The number of benzene rings is 3. The molecule has 1 heterocycles.